The maximum absolute atomic E-state index is 11.8. The summed E-state index contributed by atoms with van der Waals surface area (Å²) in [7, 11) is 0. The summed E-state index contributed by atoms with van der Waals surface area (Å²) in [6.07, 6.45) is 7.03. The van der Waals surface area contributed by atoms with Gasteiger partial charge < -0.3 is 19.1 Å². The SMILES string of the molecule is CCOC(=O)c1ccc(OCc2noc3c(CN4CCCC[C@H]4c4cccnc4)c(O)ccc23)cc1. The van der Waals surface area contributed by atoms with Gasteiger partial charge in [-0.05, 0) is 74.3 Å². The first kappa shape index (κ1) is 23.8. The number of rotatable bonds is 8. The monoisotopic (exact) mass is 487 g/mol. The molecule has 8 heteroatoms. The van der Waals surface area contributed by atoms with Crippen LogP contribution in [0.15, 0.2) is 65.4 Å². The van der Waals surface area contributed by atoms with Gasteiger partial charge in [0.2, 0.25) is 0 Å². The average Bonchev–Trinajstić information content (AvgIpc) is 3.33. The Hall–Kier alpha value is -3.91. The lowest BCUT2D eigenvalue weighted by Gasteiger charge is -2.36. The third-order valence-electron chi connectivity index (χ3n) is 6.58. The van der Waals surface area contributed by atoms with Gasteiger partial charge in [0.1, 0.15) is 23.8 Å². The van der Waals surface area contributed by atoms with Crippen LogP contribution in [-0.2, 0) is 17.9 Å². The maximum atomic E-state index is 11.8. The van der Waals surface area contributed by atoms with E-state index in [4.69, 9.17) is 14.0 Å². The number of likely N-dealkylation sites (tertiary alicyclic amines) is 1. The molecule has 0 saturated carbocycles. The van der Waals surface area contributed by atoms with Gasteiger partial charge in [0.05, 0.1) is 17.7 Å². The lowest BCUT2D eigenvalue weighted by atomic mass is 9.95. The molecule has 3 heterocycles. The normalized spacial score (nSPS) is 16.2. The highest BCUT2D eigenvalue weighted by molar-refractivity contribution is 5.89. The van der Waals surface area contributed by atoms with Crippen molar-refractivity contribution in [1.29, 1.82) is 0 Å². The second-order valence-electron chi connectivity index (χ2n) is 8.87. The van der Waals surface area contributed by atoms with Crippen LogP contribution in [0.25, 0.3) is 11.0 Å². The average molecular weight is 488 g/mol. The predicted octanol–water partition coefficient (Wildman–Crippen LogP) is 5.41. The predicted molar refractivity (Wildman–Crippen MR) is 134 cm³/mol. The van der Waals surface area contributed by atoms with Gasteiger partial charge in [0.15, 0.2) is 5.58 Å². The zero-order valence-electron chi connectivity index (χ0n) is 20.2. The third kappa shape index (κ3) is 5.04. The van der Waals surface area contributed by atoms with Crippen molar-refractivity contribution in [3.05, 3.63) is 83.3 Å². The number of phenols is 1. The molecule has 0 unspecified atom stereocenters. The van der Waals surface area contributed by atoms with E-state index >= 15 is 0 Å². The number of ether oxygens (including phenoxy) is 2. The van der Waals surface area contributed by atoms with Crippen molar-refractivity contribution >= 4 is 16.9 Å². The molecule has 1 N–H and O–H groups in total. The van der Waals surface area contributed by atoms with Gasteiger partial charge in [-0.3, -0.25) is 9.88 Å². The summed E-state index contributed by atoms with van der Waals surface area (Å²) in [6.45, 7) is 3.77. The number of piperidine rings is 1. The Labute approximate surface area is 209 Å². The molecule has 36 heavy (non-hydrogen) atoms. The summed E-state index contributed by atoms with van der Waals surface area (Å²) in [5.74, 6) is 0.431. The van der Waals surface area contributed by atoms with E-state index < -0.39 is 0 Å². The molecule has 1 aliphatic heterocycles. The van der Waals surface area contributed by atoms with Crippen LogP contribution in [0.4, 0.5) is 0 Å². The highest BCUT2D eigenvalue weighted by Gasteiger charge is 2.27. The van der Waals surface area contributed by atoms with Crippen molar-refractivity contribution in [3.8, 4) is 11.5 Å². The topological polar surface area (TPSA) is 97.9 Å². The number of aromatic nitrogens is 2. The summed E-state index contributed by atoms with van der Waals surface area (Å²) >= 11 is 0. The number of hydrogen-bond donors (Lipinski definition) is 1. The molecule has 0 radical (unpaired) electrons. The van der Waals surface area contributed by atoms with E-state index in [1.54, 1.807) is 43.5 Å². The highest BCUT2D eigenvalue weighted by Crippen LogP contribution is 2.36. The van der Waals surface area contributed by atoms with Crippen LogP contribution in [0, 0.1) is 0 Å². The van der Waals surface area contributed by atoms with E-state index in [1.807, 2.05) is 18.3 Å². The van der Waals surface area contributed by atoms with E-state index in [0.29, 0.717) is 35.7 Å². The van der Waals surface area contributed by atoms with E-state index in [1.165, 1.54) is 5.56 Å². The number of hydrogen-bond acceptors (Lipinski definition) is 8. The zero-order chi connectivity index (χ0) is 24.9. The van der Waals surface area contributed by atoms with Crippen molar-refractivity contribution in [2.75, 3.05) is 13.2 Å². The fourth-order valence-corrected chi connectivity index (χ4v) is 4.74. The largest absolute Gasteiger partial charge is 0.507 e. The molecule has 0 aliphatic carbocycles. The number of nitrogens with zero attached hydrogens (tertiary/aromatic N) is 3. The summed E-state index contributed by atoms with van der Waals surface area (Å²) in [6, 6.07) is 14.6. The number of pyridine rings is 1. The molecule has 0 spiro atoms. The number of benzene rings is 2. The summed E-state index contributed by atoms with van der Waals surface area (Å²) in [5.41, 5.74) is 3.59. The molecule has 2 aromatic heterocycles. The lowest BCUT2D eigenvalue weighted by molar-refractivity contribution is 0.0526. The number of phenolic OH excluding ortho intramolecular Hbond substituents is 1. The van der Waals surface area contributed by atoms with E-state index in [0.717, 1.165) is 36.8 Å². The molecule has 0 amide bonds. The second kappa shape index (κ2) is 10.8. The smallest absolute Gasteiger partial charge is 0.338 e. The molecule has 2 aromatic carbocycles. The van der Waals surface area contributed by atoms with Crippen molar-refractivity contribution in [2.24, 2.45) is 0 Å². The Bertz CT molecular complexity index is 1320. The molecule has 1 atom stereocenters. The summed E-state index contributed by atoms with van der Waals surface area (Å²) in [4.78, 5) is 18.5. The van der Waals surface area contributed by atoms with Crippen LogP contribution in [0.3, 0.4) is 0 Å². The second-order valence-corrected chi connectivity index (χ2v) is 8.87. The van der Waals surface area contributed by atoms with Crippen LogP contribution >= 0.6 is 0 Å². The Morgan fingerprint density at radius 3 is 2.81 bits per heavy atom. The maximum Gasteiger partial charge on any atom is 0.338 e. The first-order chi connectivity index (χ1) is 17.6. The molecule has 4 aromatic rings. The summed E-state index contributed by atoms with van der Waals surface area (Å²) in [5, 5.41) is 15.8. The van der Waals surface area contributed by atoms with Crippen LogP contribution in [-0.4, -0.2) is 39.3 Å². The molecule has 8 nitrogen and oxygen atoms in total. The van der Waals surface area contributed by atoms with Crippen LogP contribution in [0.2, 0.25) is 0 Å². The molecule has 0 bridgehead atoms. The Morgan fingerprint density at radius 2 is 2.03 bits per heavy atom. The van der Waals surface area contributed by atoms with Gasteiger partial charge in [-0.25, -0.2) is 4.79 Å². The van der Waals surface area contributed by atoms with Gasteiger partial charge in [0.25, 0.3) is 0 Å². The van der Waals surface area contributed by atoms with Gasteiger partial charge in [-0.15, -0.1) is 0 Å². The minimum Gasteiger partial charge on any atom is -0.507 e. The molecule has 5 rings (SSSR count). The van der Waals surface area contributed by atoms with Crippen LogP contribution < -0.4 is 4.74 Å². The van der Waals surface area contributed by atoms with Gasteiger partial charge >= 0.3 is 5.97 Å². The van der Waals surface area contributed by atoms with Crippen LogP contribution in [0.5, 0.6) is 11.5 Å². The minimum absolute atomic E-state index is 0.191. The first-order valence-corrected chi connectivity index (χ1v) is 12.3. The minimum atomic E-state index is -0.363. The van der Waals surface area contributed by atoms with Crippen LogP contribution in [0.1, 0.15) is 59.4 Å². The van der Waals surface area contributed by atoms with E-state index in [2.05, 4.69) is 21.1 Å². The molecule has 1 aliphatic rings. The first-order valence-electron chi connectivity index (χ1n) is 12.3. The number of fused-ring (bicyclic) bond motifs is 1. The van der Waals surface area contributed by atoms with Crippen molar-refractivity contribution in [3.63, 3.8) is 0 Å². The number of carbonyl (C=O) groups is 1. The Morgan fingerprint density at radius 1 is 1.17 bits per heavy atom. The Kier molecular flexibility index (Phi) is 7.13. The molecule has 1 fully saturated rings. The standard InChI is InChI=1S/C28H29N3O5/c1-2-34-28(33)19-8-10-21(11-9-19)35-18-24-22-12-13-26(32)23(27(22)36-30-24)17-31-15-4-3-7-25(31)20-6-5-14-29-16-20/h5-6,8-14,16,25,32H,2-4,7,15,17-18H2,1H3/t25-/m0/s1. The molecule has 186 valence electrons. The van der Waals surface area contributed by atoms with Crippen molar-refractivity contribution in [2.45, 2.75) is 45.4 Å². The number of esters is 1. The van der Waals surface area contributed by atoms with E-state index in [-0.39, 0.29) is 24.4 Å². The zero-order valence-corrected chi connectivity index (χ0v) is 20.2. The van der Waals surface area contributed by atoms with Gasteiger partial charge in [0, 0.05) is 30.4 Å². The fraction of sp³-hybridized carbons (Fsp3) is 0.321. The molecule has 1 saturated heterocycles. The highest BCUT2D eigenvalue weighted by atomic mass is 16.5. The number of carbonyl (C=O) groups excluding carboxylic acids is 1. The van der Waals surface area contributed by atoms with Crippen molar-refractivity contribution in [1.82, 2.24) is 15.0 Å². The van der Waals surface area contributed by atoms with Gasteiger partial charge in [-0.1, -0.05) is 17.6 Å². The van der Waals surface area contributed by atoms with Crippen molar-refractivity contribution < 1.29 is 23.9 Å². The Balaban J connectivity index is 1.33. The van der Waals surface area contributed by atoms with Gasteiger partial charge in [-0.2, -0.15) is 0 Å². The molecular weight excluding hydrogens is 458 g/mol. The van der Waals surface area contributed by atoms with E-state index in [9.17, 15) is 9.90 Å². The third-order valence-corrected chi connectivity index (χ3v) is 6.58. The quantitative estimate of drug-likeness (QED) is 0.330. The number of aromatic hydroxyl groups is 1. The molecular formula is C28H29N3O5. The summed E-state index contributed by atoms with van der Waals surface area (Å²) < 4.78 is 16.6. The lowest BCUT2D eigenvalue weighted by Crippen LogP contribution is -2.33. The fourth-order valence-electron chi connectivity index (χ4n) is 4.74.